The maximum Gasteiger partial charge on any atom is 0.253 e. The van der Waals surface area contributed by atoms with Gasteiger partial charge in [0.05, 0.1) is 19.7 Å². The lowest BCUT2D eigenvalue weighted by atomic mass is 9.97. The first-order valence-corrected chi connectivity index (χ1v) is 11.5. The number of hydrogen-bond acceptors (Lipinski definition) is 5. The number of carbonyl (C=O) groups is 2. The number of hydrogen-bond donors (Lipinski definition) is 0. The molecule has 6 nitrogen and oxygen atoms in total. The summed E-state index contributed by atoms with van der Waals surface area (Å²) in [7, 11) is 1.61. The lowest BCUT2D eigenvalue weighted by Gasteiger charge is -2.39. The molecule has 2 aliphatic heterocycles. The van der Waals surface area contributed by atoms with Crippen LogP contribution < -0.4 is 4.74 Å². The van der Waals surface area contributed by atoms with Crippen molar-refractivity contribution in [3.05, 3.63) is 51.7 Å². The van der Waals surface area contributed by atoms with Gasteiger partial charge in [0.15, 0.2) is 0 Å². The SMILES string of the molecule is CCC1c2ccsc2CCN1C(=O)CN1CCN(C(=O)c2ccc(OC)cc2)CC1. The molecular formula is C23H29N3O3S. The molecule has 1 aromatic heterocycles. The normalized spacial score (nSPS) is 19.5. The smallest absolute Gasteiger partial charge is 0.253 e. The van der Waals surface area contributed by atoms with Crippen LogP contribution in [0.5, 0.6) is 5.75 Å². The zero-order valence-corrected chi connectivity index (χ0v) is 18.5. The van der Waals surface area contributed by atoms with Gasteiger partial charge in [0.1, 0.15) is 5.75 Å². The van der Waals surface area contributed by atoms with E-state index >= 15 is 0 Å². The van der Waals surface area contributed by atoms with Gasteiger partial charge in [-0.1, -0.05) is 6.92 Å². The van der Waals surface area contributed by atoms with Gasteiger partial charge >= 0.3 is 0 Å². The molecule has 30 heavy (non-hydrogen) atoms. The molecule has 0 bridgehead atoms. The Morgan fingerprint density at radius 1 is 1.07 bits per heavy atom. The molecule has 1 saturated heterocycles. The van der Waals surface area contributed by atoms with Gasteiger partial charge in [0, 0.05) is 43.2 Å². The third-order valence-electron chi connectivity index (χ3n) is 6.16. The largest absolute Gasteiger partial charge is 0.497 e. The quantitative estimate of drug-likeness (QED) is 0.736. The molecule has 1 aromatic carbocycles. The van der Waals surface area contributed by atoms with E-state index < -0.39 is 0 Å². The van der Waals surface area contributed by atoms with Crippen molar-refractivity contribution in [3.8, 4) is 5.75 Å². The second-order valence-corrected chi connectivity index (χ2v) is 8.86. The third kappa shape index (κ3) is 4.23. The number of rotatable bonds is 5. The predicted octanol–water partition coefficient (Wildman–Crippen LogP) is 3.05. The van der Waals surface area contributed by atoms with Crippen LogP contribution in [0.4, 0.5) is 0 Å². The zero-order valence-electron chi connectivity index (χ0n) is 17.7. The summed E-state index contributed by atoms with van der Waals surface area (Å²) in [5, 5.41) is 2.14. The Labute approximate surface area is 182 Å². The monoisotopic (exact) mass is 427 g/mol. The minimum atomic E-state index is 0.0377. The highest BCUT2D eigenvalue weighted by Crippen LogP contribution is 2.35. The number of methoxy groups -OCH3 is 1. The van der Waals surface area contributed by atoms with E-state index in [1.165, 1.54) is 10.4 Å². The first-order chi connectivity index (χ1) is 14.6. The van der Waals surface area contributed by atoms with Crippen LogP contribution in [0.3, 0.4) is 0 Å². The highest BCUT2D eigenvalue weighted by molar-refractivity contribution is 7.10. The number of ether oxygens (including phenoxy) is 1. The molecule has 0 radical (unpaired) electrons. The van der Waals surface area contributed by atoms with Gasteiger partial charge in [0.2, 0.25) is 5.91 Å². The third-order valence-corrected chi connectivity index (χ3v) is 7.15. The van der Waals surface area contributed by atoms with Crippen LogP contribution in [0.2, 0.25) is 0 Å². The Balaban J connectivity index is 1.31. The van der Waals surface area contributed by atoms with Gasteiger partial charge in [-0.3, -0.25) is 14.5 Å². The lowest BCUT2D eigenvalue weighted by molar-refractivity contribution is -0.135. The second-order valence-electron chi connectivity index (χ2n) is 7.86. The van der Waals surface area contributed by atoms with Gasteiger partial charge in [-0.05, 0) is 54.1 Å². The molecule has 2 amide bonds. The number of nitrogens with zero attached hydrogens (tertiary/aromatic N) is 3. The summed E-state index contributed by atoms with van der Waals surface area (Å²) < 4.78 is 5.16. The number of fused-ring (bicyclic) bond motifs is 1. The van der Waals surface area contributed by atoms with E-state index in [-0.39, 0.29) is 17.9 Å². The number of carbonyl (C=O) groups excluding carboxylic acids is 2. The van der Waals surface area contributed by atoms with E-state index in [0.29, 0.717) is 25.2 Å². The molecule has 4 rings (SSSR count). The van der Waals surface area contributed by atoms with E-state index in [0.717, 1.165) is 38.2 Å². The van der Waals surface area contributed by atoms with E-state index in [4.69, 9.17) is 4.74 Å². The minimum Gasteiger partial charge on any atom is -0.497 e. The van der Waals surface area contributed by atoms with Crippen molar-refractivity contribution in [2.45, 2.75) is 25.8 Å². The fourth-order valence-corrected chi connectivity index (χ4v) is 5.37. The summed E-state index contributed by atoms with van der Waals surface area (Å²) in [4.78, 5) is 33.3. The van der Waals surface area contributed by atoms with E-state index in [9.17, 15) is 9.59 Å². The average Bonchev–Trinajstić information content (AvgIpc) is 3.27. The van der Waals surface area contributed by atoms with Crippen molar-refractivity contribution in [3.63, 3.8) is 0 Å². The lowest BCUT2D eigenvalue weighted by Crippen LogP contribution is -2.52. The second kappa shape index (κ2) is 9.18. The minimum absolute atomic E-state index is 0.0377. The summed E-state index contributed by atoms with van der Waals surface area (Å²) in [6.07, 6.45) is 1.90. The van der Waals surface area contributed by atoms with Crippen LogP contribution in [0.15, 0.2) is 35.7 Å². The van der Waals surface area contributed by atoms with E-state index in [1.807, 2.05) is 17.0 Å². The first-order valence-electron chi connectivity index (χ1n) is 10.6. The zero-order chi connectivity index (χ0) is 21.1. The van der Waals surface area contributed by atoms with Crippen LogP contribution in [0.25, 0.3) is 0 Å². The molecule has 7 heteroatoms. The predicted molar refractivity (Wildman–Crippen MR) is 118 cm³/mol. The van der Waals surface area contributed by atoms with Crippen molar-refractivity contribution < 1.29 is 14.3 Å². The molecule has 1 atom stereocenters. The molecule has 0 aliphatic carbocycles. The van der Waals surface area contributed by atoms with Crippen LogP contribution in [-0.4, -0.2) is 72.9 Å². The van der Waals surface area contributed by atoms with Gasteiger partial charge in [-0.2, -0.15) is 0 Å². The molecule has 1 fully saturated rings. The highest BCUT2D eigenvalue weighted by Gasteiger charge is 2.32. The maximum absolute atomic E-state index is 13.1. The molecule has 0 N–H and O–H groups in total. The molecule has 0 spiro atoms. The van der Waals surface area contributed by atoms with Gasteiger partial charge in [-0.25, -0.2) is 0 Å². The summed E-state index contributed by atoms with van der Waals surface area (Å²) >= 11 is 1.80. The Bertz CT molecular complexity index is 887. The first kappa shape index (κ1) is 20.9. The maximum atomic E-state index is 13.1. The summed E-state index contributed by atoms with van der Waals surface area (Å²) in [5.74, 6) is 0.983. The number of amides is 2. The van der Waals surface area contributed by atoms with Crippen molar-refractivity contribution >= 4 is 23.2 Å². The summed E-state index contributed by atoms with van der Waals surface area (Å²) in [6.45, 7) is 6.13. The Morgan fingerprint density at radius 2 is 1.80 bits per heavy atom. The fraction of sp³-hybridized carbons (Fsp3) is 0.478. The molecule has 160 valence electrons. The average molecular weight is 428 g/mol. The van der Waals surface area contributed by atoms with Crippen LogP contribution in [0, 0.1) is 0 Å². The molecule has 2 aromatic rings. The van der Waals surface area contributed by atoms with Crippen LogP contribution in [0.1, 0.15) is 40.2 Å². The van der Waals surface area contributed by atoms with Crippen LogP contribution in [-0.2, 0) is 11.2 Å². The molecule has 3 heterocycles. The topological polar surface area (TPSA) is 53.1 Å². The molecule has 0 saturated carbocycles. The standard InChI is InChI=1S/C23H29N3O3S/c1-3-20-19-9-15-30-21(19)8-10-26(20)22(27)16-24-11-13-25(14-12-24)23(28)17-4-6-18(29-2)7-5-17/h4-7,9,15,20H,3,8,10-14,16H2,1-2H3. The van der Waals surface area contributed by atoms with E-state index in [1.54, 1.807) is 30.6 Å². The number of piperazine rings is 1. The Kier molecular flexibility index (Phi) is 6.39. The Morgan fingerprint density at radius 3 is 2.47 bits per heavy atom. The van der Waals surface area contributed by atoms with Gasteiger partial charge < -0.3 is 14.5 Å². The summed E-state index contributed by atoms with van der Waals surface area (Å²) in [5.41, 5.74) is 2.00. The van der Waals surface area contributed by atoms with Crippen molar-refractivity contribution in [1.82, 2.24) is 14.7 Å². The van der Waals surface area contributed by atoms with Crippen molar-refractivity contribution in [2.75, 3.05) is 46.4 Å². The van der Waals surface area contributed by atoms with Gasteiger partial charge in [-0.15, -0.1) is 11.3 Å². The summed E-state index contributed by atoms with van der Waals surface area (Å²) in [6, 6.07) is 9.60. The number of thiophene rings is 1. The fourth-order valence-electron chi connectivity index (χ4n) is 4.44. The highest BCUT2D eigenvalue weighted by atomic mass is 32.1. The van der Waals surface area contributed by atoms with Crippen LogP contribution >= 0.6 is 11.3 Å². The molecule has 2 aliphatic rings. The van der Waals surface area contributed by atoms with Gasteiger partial charge in [0.25, 0.3) is 5.91 Å². The van der Waals surface area contributed by atoms with Crippen molar-refractivity contribution in [1.29, 1.82) is 0 Å². The number of benzene rings is 1. The van der Waals surface area contributed by atoms with E-state index in [2.05, 4.69) is 28.2 Å². The van der Waals surface area contributed by atoms with Crippen molar-refractivity contribution in [2.24, 2.45) is 0 Å². The Hall–Kier alpha value is -2.38. The molecular weight excluding hydrogens is 398 g/mol. The molecule has 1 unspecified atom stereocenters.